The van der Waals surface area contributed by atoms with Crippen LogP contribution in [0.25, 0.3) is 22.3 Å². The molecule has 0 amide bonds. The topological polar surface area (TPSA) is 163 Å². The first-order valence-electron chi connectivity index (χ1n) is 51.9. The molecule has 0 aromatic heterocycles. The van der Waals surface area contributed by atoms with Crippen LogP contribution in [0.5, 0.6) is 28.7 Å². The van der Waals surface area contributed by atoms with E-state index in [0.717, 1.165) is 113 Å². The Balaban J connectivity index is 0.000000198. The normalized spacial score (nSPS) is 17.6. The number of aryl methyl sites for hydroxylation is 4. The van der Waals surface area contributed by atoms with Gasteiger partial charge in [-0.3, -0.25) is 25.0 Å². The first-order chi connectivity index (χ1) is 71.8. The summed E-state index contributed by atoms with van der Waals surface area (Å²) in [7, 11) is 48.9. The van der Waals surface area contributed by atoms with Crippen molar-refractivity contribution in [3.05, 3.63) is 345 Å². The molecule has 25 heteroatoms. The summed E-state index contributed by atoms with van der Waals surface area (Å²) in [5.74, 6) is 7.46. The maximum absolute atomic E-state index is 11.3. The fourth-order valence-electron chi connectivity index (χ4n) is 21.5. The van der Waals surface area contributed by atoms with Gasteiger partial charge in [0.05, 0.1) is 28.4 Å². The first-order valence-corrected chi connectivity index (χ1v) is 73.4. The van der Waals surface area contributed by atoms with Gasteiger partial charge in [-0.25, -0.2) is 0 Å². The van der Waals surface area contributed by atoms with Gasteiger partial charge in [-0.05, 0) is 291 Å². The number of nitrogens with zero attached hydrogens (tertiary/aromatic N) is 5. The van der Waals surface area contributed by atoms with Crippen molar-refractivity contribution in [1.29, 1.82) is 0 Å². The Labute approximate surface area is 960 Å². The van der Waals surface area contributed by atoms with Crippen LogP contribution < -0.4 is 0 Å². The molecule has 147 heavy (non-hydrogen) atoms. The zero-order valence-corrected chi connectivity index (χ0v) is 100. The molecular weight excluding hydrogens is 2210 g/mol. The van der Waals surface area contributed by atoms with E-state index in [1.807, 2.05) is 243 Å². The van der Waals surface area contributed by atoms with Crippen molar-refractivity contribution in [3.8, 4) is 51.0 Å². The van der Waals surface area contributed by atoms with E-state index < -0.39 is 85.2 Å². The van der Waals surface area contributed by atoms with Gasteiger partial charge in [0.1, 0.15) is 28.7 Å². The fourth-order valence-corrected chi connectivity index (χ4v) is 21.5. The van der Waals surface area contributed by atoms with Crippen LogP contribution in [0.4, 0.5) is 28.4 Å². The quantitative estimate of drug-likeness (QED) is 0.0369. The van der Waals surface area contributed by atoms with E-state index in [1.54, 1.807) is 18.6 Å². The zero-order chi connectivity index (χ0) is 105. The molecule has 0 spiro atoms. The van der Waals surface area contributed by atoms with E-state index in [0.29, 0.717) is 52.2 Å². The van der Waals surface area contributed by atoms with Gasteiger partial charge in [0.15, 0.2) is 0 Å². The van der Waals surface area contributed by atoms with Crippen molar-refractivity contribution >= 4 is 153 Å². The van der Waals surface area contributed by atoms with E-state index in [2.05, 4.69) is 95.1 Å². The number of hydrogen-bond acceptors (Lipinski definition) is 10. The Kier molecular flexibility index (Phi) is 62.7. The monoisotopic (exact) mass is 2350 g/mol. The van der Waals surface area contributed by atoms with Crippen molar-refractivity contribution in [2.45, 2.75) is 263 Å². The Morgan fingerprint density at radius 1 is 0.224 bits per heavy atom. The average molecular weight is 2350 g/mol. The van der Waals surface area contributed by atoms with Gasteiger partial charge in [0, 0.05) is 64.5 Å². The van der Waals surface area contributed by atoms with Gasteiger partial charge in [0.2, 0.25) is 0 Å². The summed E-state index contributed by atoms with van der Waals surface area (Å²) in [6.45, 7) is 8.48. The van der Waals surface area contributed by atoms with Crippen LogP contribution in [0.15, 0.2) is 298 Å². The molecule has 0 radical (unpaired) electrons. The summed E-state index contributed by atoms with van der Waals surface area (Å²) in [4.78, 5) is 22.7. The summed E-state index contributed by atoms with van der Waals surface area (Å²) in [6.07, 6.45) is 52.5. The number of halogens is 10. The molecule has 5 N–H and O–H groups in total. The predicted octanol–water partition coefficient (Wildman–Crippen LogP) is 40.9. The standard InChI is InChI=1S/C28H35NO.C26H35NO.C25H19NO.C22H27NO.C21H25NO.10ClH.5Ti/c1-19-14-23(18-29-24-11-3-2-4-12-24)28(30)27(15-19)25-13-7-10-22-16-20-8-5-6-9-21(20)17-26(22)25;1-21-18-23(20-27-24-16-12-9-13-17-24)26(28)25(19-21)22-14-10-7-5-3-2-4-6-8-11-15-22;27-25-22(18-26-23-14-8-3-9-15-23)16-21(19-10-4-1-5-11-19)17-24(25)20-12-6-2-7-13-20;1-17-14-19(16-23-20-12-8-5-9-13-20)22(24)21(15-17)18-10-6-3-2-4-7-11-18;1-16-13-18(15-22-19-11-7-4-8-12-19)21(23)20(14-16)17-9-5-2-3-6-10-17;;;;;;;;;;;;;;;/h2-4,11-12,14-15,18,20-22,25-26,30H,5-10,13,16-17H2,1H3;9,12-13,16-20,22,28H,2-8,10-11,14-15H2,1H3;1-18,27H;5,8-9,12-16,18,24H,2-4,6-7,10-11H2,1H3;4,7-8,11-15,17,23H,2-3,5-6,9-10H2,1H3;10*1H;;;;;/q;;;;;;;;;;;;;;;5*+2/p-10. The number of aliphatic imine (C=N–C) groups is 5. The molecule has 5 atom stereocenters. The molecule has 6 fully saturated rings. The van der Waals surface area contributed by atoms with Gasteiger partial charge < -0.3 is 25.5 Å². The first kappa shape index (κ1) is 125. The summed E-state index contributed by atoms with van der Waals surface area (Å²) in [6, 6.07) is 90.4. The zero-order valence-electron chi connectivity index (χ0n) is 85.1. The van der Waals surface area contributed by atoms with Crippen molar-refractivity contribution in [2.75, 3.05) is 0 Å². The Morgan fingerprint density at radius 3 is 0.748 bits per heavy atom. The van der Waals surface area contributed by atoms with Crippen LogP contribution in [0.2, 0.25) is 0 Å². The van der Waals surface area contributed by atoms with Crippen LogP contribution in [-0.2, 0) is 85.2 Å². The summed E-state index contributed by atoms with van der Waals surface area (Å²) in [5.41, 5.74) is 21.8. The molecule has 6 saturated carbocycles. The van der Waals surface area contributed by atoms with Crippen LogP contribution >= 0.6 is 93.0 Å². The fraction of sp³-hybridized carbons (Fsp3) is 0.369. The molecule has 12 aromatic rings. The van der Waals surface area contributed by atoms with Crippen LogP contribution in [0.3, 0.4) is 0 Å². The Bertz CT molecular complexity index is 5840. The minimum absolute atomic E-state index is 0.237. The van der Waals surface area contributed by atoms with Gasteiger partial charge in [-0.1, -0.05) is 330 Å². The van der Waals surface area contributed by atoms with Crippen molar-refractivity contribution < 1.29 is 111 Å². The van der Waals surface area contributed by atoms with Crippen LogP contribution in [-0.4, -0.2) is 56.6 Å². The number of para-hydroxylation sites is 5. The number of phenols is 5. The predicted molar refractivity (Wildman–Crippen MR) is 615 cm³/mol. The molecule has 12 aromatic carbocycles. The number of aromatic hydroxyl groups is 5. The van der Waals surface area contributed by atoms with Gasteiger partial charge in [0.25, 0.3) is 0 Å². The van der Waals surface area contributed by atoms with E-state index >= 15 is 0 Å². The second-order valence-corrected chi connectivity index (χ2v) is 51.5. The minimum atomic E-state index is -0.556. The summed E-state index contributed by atoms with van der Waals surface area (Å²) >= 11 is -2.78. The Hall–Kier alpha value is -5.54. The molecule has 774 valence electrons. The second-order valence-electron chi connectivity index (χ2n) is 38.6. The molecular formula is C122H141Cl10N5O5Ti5. The summed E-state index contributed by atoms with van der Waals surface area (Å²) < 4.78 is 0. The number of benzene rings is 12. The molecule has 0 saturated heterocycles. The van der Waals surface area contributed by atoms with E-state index in [4.69, 9.17) is 93.0 Å². The molecule has 0 heterocycles. The van der Waals surface area contributed by atoms with Crippen molar-refractivity contribution in [1.82, 2.24) is 0 Å². The molecule has 18 rings (SSSR count). The number of hydrogen-bond donors (Lipinski definition) is 5. The number of phenolic OH excluding ortho intramolecular Hbond substituents is 5. The molecule has 6 aliphatic rings. The van der Waals surface area contributed by atoms with E-state index in [9.17, 15) is 25.5 Å². The SMILES string of the molecule is Cc1cc(C=Nc2ccccc2)c(O)c(C2CCCC3CC4CCCCC4CC32)c1.Cc1cc(C=Nc2ccccc2)c(O)c(C2CCCCCC2)c1.Cc1cc(C=Nc2ccccc2)c(O)c(C2CCCCCCC2)c1.Cc1cc(C=Nc2ccccc2)c(O)c(C2CCCCCCCCCCC2)c1.Oc1c(C=Nc2ccccc2)cc(-c2ccccc2)cc1-c1ccccc1.[Cl][Ti][Cl].[Cl][Ti][Cl].[Cl][Ti][Cl].[Cl][Ti][Cl].[Cl][Ti][Cl]. The molecule has 0 bridgehead atoms. The van der Waals surface area contributed by atoms with Gasteiger partial charge >= 0.3 is 178 Å². The third-order valence-electron chi connectivity index (χ3n) is 28.4. The van der Waals surface area contributed by atoms with E-state index in [1.165, 1.54) is 240 Å². The van der Waals surface area contributed by atoms with Crippen LogP contribution in [0, 0.1) is 51.4 Å². The number of rotatable bonds is 16. The molecule has 6 aliphatic carbocycles. The van der Waals surface area contributed by atoms with Gasteiger partial charge in [-0.15, -0.1) is 0 Å². The Morgan fingerprint density at radius 2 is 0.456 bits per heavy atom. The average Bonchev–Trinajstić information content (AvgIpc) is 0.845. The van der Waals surface area contributed by atoms with Crippen molar-refractivity contribution in [2.24, 2.45) is 48.6 Å². The third kappa shape index (κ3) is 44.7. The second kappa shape index (κ2) is 73.8. The number of fused-ring (bicyclic) bond motifs is 2. The molecule has 5 unspecified atom stereocenters. The maximum atomic E-state index is 11.3. The third-order valence-corrected chi connectivity index (χ3v) is 28.4. The van der Waals surface area contributed by atoms with Crippen LogP contribution in [0.1, 0.15) is 308 Å². The van der Waals surface area contributed by atoms with E-state index in [-0.39, 0.29) is 5.75 Å². The molecule has 10 nitrogen and oxygen atoms in total. The van der Waals surface area contributed by atoms with Crippen molar-refractivity contribution in [3.63, 3.8) is 0 Å². The summed E-state index contributed by atoms with van der Waals surface area (Å²) in [5, 5.41) is 54.8. The van der Waals surface area contributed by atoms with Gasteiger partial charge in [-0.2, -0.15) is 0 Å². The molecule has 0 aliphatic heterocycles.